The van der Waals surface area contributed by atoms with Gasteiger partial charge in [0.15, 0.2) is 5.78 Å². The predicted octanol–water partition coefficient (Wildman–Crippen LogP) is 4.17. The van der Waals surface area contributed by atoms with Crippen LogP contribution < -0.4 is 0 Å². The lowest BCUT2D eigenvalue weighted by molar-refractivity contribution is -0.872. The zero-order valence-corrected chi connectivity index (χ0v) is 14.0. The highest BCUT2D eigenvalue weighted by molar-refractivity contribution is 5.95. The van der Waals surface area contributed by atoms with Gasteiger partial charge in [-0.2, -0.15) is 0 Å². The minimum Gasteiger partial charge on any atom is -0.330 e. The van der Waals surface area contributed by atoms with Crippen LogP contribution in [0, 0.1) is 5.92 Å². The highest BCUT2D eigenvalue weighted by atomic mass is 16.1. The molecule has 0 fully saturated rings. The summed E-state index contributed by atoms with van der Waals surface area (Å²) in [6, 6.07) is 10.0. The molecule has 2 nitrogen and oxygen atoms in total. The monoisotopic (exact) mass is 288 g/mol. The van der Waals surface area contributed by atoms with E-state index in [1.165, 1.54) is 12.8 Å². The Morgan fingerprint density at radius 2 is 1.81 bits per heavy atom. The van der Waals surface area contributed by atoms with Crippen molar-refractivity contribution in [3.63, 3.8) is 0 Å². The molecule has 0 saturated heterocycles. The lowest BCUT2D eigenvalue weighted by atomic mass is 9.95. The van der Waals surface area contributed by atoms with E-state index in [1.807, 2.05) is 36.4 Å². The molecule has 1 aromatic carbocycles. The molecule has 0 heterocycles. The third kappa shape index (κ3) is 7.81. The number of ketones is 1. The molecule has 1 rings (SSSR count). The Morgan fingerprint density at radius 1 is 1.14 bits per heavy atom. The first-order valence-corrected chi connectivity index (χ1v) is 8.00. The maximum absolute atomic E-state index is 12.5. The van der Waals surface area contributed by atoms with E-state index in [2.05, 4.69) is 28.1 Å². The van der Waals surface area contributed by atoms with Gasteiger partial charge in [-0.25, -0.2) is 0 Å². The lowest BCUT2D eigenvalue weighted by Gasteiger charge is -2.28. The van der Waals surface area contributed by atoms with Gasteiger partial charge in [0, 0.05) is 0 Å². The largest absolute Gasteiger partial charge is 0.330 e. The highest BCUT2D eigenvalue weighted by Crippen LogP contribution is 2.16. The van der Waals surface area contributed by atoms with Crippen molar-refractivity contribution in [1.29, 1.82) is 0 Å². The van der Waals surface area contributed by atoms with Gasteiger partial charge >= 0.3 is 0 Å². The van der Waals surface area contributed by atoms with Gasteiger partial charge in [0.1, 0.15) is 0 Å². The summed E-state index contributed by atoms with van der Waals surface area (Å²) in [4.78, 5) is 12.5. The minimum absolute atomic E-state index is 0.136. The van der Waals surface area contributed by atoms with Crippen LogP contribution in [0.25, 0.3) is 6.08 Å². The normalized spacial score (nSPS) is 13.5. The summed E-state index contributed by atoms with van der Waals surface area (Å²) in [6.07, 6.45) is 8.26. The van der Waals surface area contributed by atoms with Gasteiger partial charge in [-0.05, 0) is 18.1 Å². The number of nitrogens with zero attached hydrogens (tertiary/aromatic N) is 1. The number of unbranched alkanes of at least 4 members (excludes halogenated alkanes) is 2. The second-order valence-electron chi connectivity index (χ2n) is 6.81. The second kappa shape index (κ2) is 8.78. The van der Waals surface area contributed by atoms with Crippen molar-refractivity contribution in [3.8, 4) is 0 Å². The number of quaternary nitrogens is 1. The number of carbonyl (C=O) groups is 1. The van der Waals surface area contributed by atoms with Gasteiger partial charge in [0.25, 0.3) is 0 Å². The molecule has 21 heavy (non-hydrogen) atoms. The number of hydrogen-bond acceptors (Lipinski definition) is 1. The number of benzene rings is 1. The molecule has 0 amide bonds. The Kier molecular flexibility index (Phi) is 7.38. The molecule has 116 valence electrons. The van der Waals surface area contributed by atoms with Gasteiger partial charge in [-0.1, -0.05) is 62.6 Å². The van der Waals surface area contributed by atoms with Gasteiger partial charge < -0.3 is 4.48 Å². The van der Waals surface area contributed by atoms with E-state index in [0.717, 1.165) is 29.4 Å². The summed E-state index contributed by atoms with van der Waals surface area (Å²) in [5.41, 5.74) is 1.09. The molecule has 1 unspecified atom stereocenters. The van der Waals surface area contributed by atoms with Crippen LogP contribution in [-0.4, -0.2) is 38.0 Å². The highest BCUT2D eigenvalue weighted by Gasteiger charge is 2.22. The van der Waals surface area contributed by atoms with E-state index in [-0.39, 0.29) is 11.7 Å². The van der Waals surface area contributed by atoms with E-state index in [1.54, 1.807) is 6.08 Å². The van der Waals surface area contributed by atoms with Crippen molar-refractivity contribution in [2.75, 3.05) is 27.7 Å². The Morgan fingerprint density at radius 3 is 2.38 bits per heavy atom. The van der Waals surface area contributed by atoms with E-state index >= 15 is 0 Å². The molecule has 0 aliphatic heterocycles. The van der Waals surface area contributed by atoms with Crippen LogP contribution in [0.5, 0.6) is 0 Å². The summed E-state index contributed by atoms with van der Waals surface area (Å²) in [5, 5.41) is 0. The topological polar surface area (TPSA) is 17.1 Å². The fourth-order valence-electron chi connectivity index (χ4n) is 2.50. The van der Waals surface area contributed by atoms with Crippen LogP contribution in [0.2, 0.25) is 0 Å². The number of carbonyl (C=O) groups excluding carboxylic acids is 1. The molecule has 0 aromatic heterocycles. The summed E-state index contributed by atoms with van der Waals surface area (Å²) in [5.74, 6) is 0.402. The van der Waals surface area contributed by atoms with Gasteiger partial charge in [-0.15, -0.1) is 0 Å². The van der Waals surface area contributed by atoms with Crippen LogP contribution >= 0.6 is 0 Å². The molecule has 0 saturated carbocycles. The predicted molar refractivity (Wildman–Crippen MR) is 91.0 cm³/mol. The van der Waals surface area contributed by atoms with Crippen molar-refractivity contribution in [1.82, 2.24) is 0 Å². The van der Waals surface area contributed by atoms with Crippen LogP contribution in [0.15, 0.2) is 36.4 Å². The van der Waals surface area contributed by atoms with Crippen molar-refractivity contribution in [2.45, 2.75) is 32.6 Å². The van der Waals surface area contributed by atoms with Gasteiger partial charge in [0.2, 0.25) is 0 Å². The minimum atomic E-state index is 0.136. The number of rotatable bonds is 9. The first-order chi connectivity index (χ1) is 9.92. The molecule has 0 spiro atoms. The van der Waals surface area contributed by atoms with E-state index in [0.29, 0.717) is 0 Å². The fourth-order valence-corrected chi connectivity index (χ4v) is 2.50. The molecule has 0 aliphatic carbocycles. The maximum atomic E-state index is 12.5. The first kappa shape index (κ1) is 17.6. The van der Waals surface area contributed by atoms with Crippen molar-refractivity contribution in [3.05, 3.63) is 42.0 Å². The fraction of sp³-hybridized carbons (Fsp3) is 0.526. The molecule has 0 bridgehead atoms. The van der Waals surface area contributed by atoms with Crippen LogP contribution in [-0.2, 0) is 4.79 Å². The van der Waals surface area contributed by atoms with E-state index in [4.69, 9.17) is 0 Å². The average Bonchev–Trinajstić information content (AvgIpc) is 2.44. The molecule has 0 aliphatic rings. The molecular formula is C19H30NO+. The van der Waals surface area contributed by atoms with Gasteiger partial charge in [-0.3, -0.25) is 4.79 Å². The zero-order valence-electron chi connectivity index (χ0n) is 14.0. The third-order valence-corrected chi connectivity index (χ3v) is 3.57. The molecule has 1 atom stereocenters. The second-order valence-corrected chi connectivity index (χ2v) is 6.81. The molecule has 2 heteroatoms. The van der Waals surface area contributed by atoms with Gasteiger partial charge in [0.05, 0.1) is 33.6 Å². The van der Waals surface area contributed by atoms with E-state index < -0.39 is 0 Å². The Bertz CT molecular complexity index is 442. The molecule has 1 aromatic rings. The Balaban J connectivity index is 2.67. The van der Waals surface area contributed by atoms with Crippen LogP contribution in [0.4, 0.5) is 0 Å². The molecule has 0 radical (unpaired) electrons. The van der Waals surface area contributed by atoms with Crippen LogP contribution in [0.1, 0.15) is 38.2 Å². The lowest BCUT2D eigenvalue weighted by Crippen LogP contribution is -2.41. The first-order valence-electron chi connectivity index (χ1n) is 8.00. The van der Waals surface area contributed by atoms with Crippen LogP contribution in [0.3, 0.4) is 0 Å². The maximum Gasteiger partial charge on any atom is 0.164 e. The van der Waals surface area contributed by atoms with Crippen molar-refractivity contribution in [2.24, 2.45) is 5.92 Å². The Labute approximate surface area is 130 Å². The standard InChI is InChI=1S/C19H30NO/c1-5-6-8-13-18(16-20(2,3)4)19(21)15-14-17-11-9-7-10-12-17/h7,9-12,14-15,18H,5-6,8,13,16H2,1-4H3/q+1. The van der Waals surface area contributed by atoms with E-state index in [9.17, 15) is 4.79 Å². The quantitative estimate of drug-likeness (QED) is 0.378. The summed E-state index contributed by atoms with van der Waals surface area (Å²) >= 11 is 0. The van der Waals surface area contributed by atoms with Crippen molar-refractivity contribution >= 4 is 11.9 Å². The summed E-state index contributed by atoms with van der Waals surface area (Å²) in [7, 11) is 6.46. The average molecular weight is 288 g/mol. The number of allylic oxidation sites excluding steroid dienone is 1. The molecular weight excluding hydrogens is 258 g/mol. The SMILES string of the molecule is CCCCCC(C[N+](C)(C)C)C(=O)C=Cc1ccccc1. The smallest absolute Gasteiger partial charge is 0.164 e. The Hall–Kier alpha value is -1.41. The zero-order chi connectivity index (χ0) is 15.7. The summed E-state index contributed by atoms with van der Waals surface area (Å²) in [6.45, 7) is 3.10. The third-order valence-electron chi connectivity index (χ3n) is 3.57. The molecule has 0 N–H and O–H groups in total. The van der Waals surface area contributed by atoms with Crippen molar-refractivity contribution < 1.29 is 9.28 Å². The number of hydrogen-bond donors (Lipinski definition) is 0. The summed E-state index contributed by atoms with van der Waals surface area (Å²) < 4.78 is 0.835.